The molecule has 72 valence electrons. The van der Waals surface area contributed by atoms with Crippen molar-refractivity contribution >= 4 is 28.3 Å². The van der Waals surface area contributed by atoms with Gasteiger partial charge in [0.2, 0.25) is 10.0 Å². The molecular formula is C8H11NO2S2. The molecule has 3 nitrogen and oxygen atoms in total. The van der Waals surface area contributed by atoms with Gasteiger partial charge in [0.1, 0.15) is 0 Å². The van der Waals surface area contributed by atoms with Gasteiger partial charge in [0, 0.05) is 11.9 Å². The summed E-state index contributed by atoms with van der Waals surface area (Å²) in [4.78, 5) is 0.649. The molecule has 0 aliphatic rings. The molecule has 0 heterocycles. The van der Waals surface area contributed by atoms with Crippen LogP contribution in [0.25, 0.3) is 0 Å². The second-order valence-corrected chi connectivity index (χ2v) is 5.21. The maximum Gasteiger partial charge on any atom is 0.232 e. The highest BCUT2D eigenvalue weighted by Crippen LogP contribution is 2.23. The van der Waals surface area contributed by atoms with Crippen molar-refractivity contribution in [2.45, 2.75) is 4.90 Å². The first kappa shape index (κ1) is 10.4. The Hall–Kier alpha value is -0.680. The summed E-state index contributed by atoms with van der Waals surface area (Å²) in [7, 11) is -1.69. The van der Waals surface area contributed by atoms with Crippen LogP contribution in [0.5, 0.6) is 0 Å². The van der Waals surface area contributed by atoms with E-state index in [0.29, 0.717) is 10.6 Å². The summed E-state index contributed by atoms with van der Waals surface area (Å²) in [5.74, 6) is 0. The van der Waals surface area contributed by atoms with Crippen LogP contribution in [0.15, 0.2) is 29.2 Å². The van der Waals surface area contributed by atoms with Crippen LogP contribution in [0.3, 0.4) is 0 Å². The van der Waals surface area contributed by atoms with Gasteiger partial charge in [-0.1, -0.05) is 12.1 Å². The minimum absolute atomic E-state index is 0.591. The molecule has 0 bridgehead atoms. The van der Waals surface area contributed by atoms with Gasteiger partial charge in [0.25, 0.3) is 0 Å². The van der Waals surface area contributed by atoms with Crippen LogP contribution in [0.2, 0.25) is 0 Å². The van der Waals surface area contributed by atoms with Crippen molar-refractivity contribution in [3.8, 4) is 0 Å². The van der Waals surface area contributed by atoms with Crippen molar-refractivity contribution in [1.82, 2.24) is 0 Å². The number of anilines is 1. The van der Waals surface area contributed by atoms with Gasteiger partial charge in [0.05, 0.1) is 11.9 Å². The zero-order chi connectivity index (χ0) is 10.1. The molecule has 0 N–H and O–H groups in total. The summed E-state index contributed by atoms with van der Waals surface area (Å²) in [5, 5.41) is 0. The van der Waals surface area contributed by atoms with Crippen molar-refractivity contribution < 1.29 is 8.42 Å². The Balaban J connectivity index is 3.17. The van der Waals surface area contributed by atoms with Crippen LogP contribution >= 0.6 is 12.6 Å². The molecule has 0 radical (unpaired) electrons. The predicted octanol–water partition coefficient (Wildman–Crippen LogP) is 1.37. The Bertz CT molecular complexity index is 400. The summed E-state index contributed by atoms with van der Waals surface area (Å²) in [5.41, 5.74) is 0.591. The van der Waals surface area contributed by atoms with E-state index in [-0.39, 0.29) is 0 Å². The fraction of sp³-hybridized carbons (Fsp3) is 0.250. The zero-order valence-electron chi connectivity index (χ0n) is 7.43. The van der Waals surface area contributed by atoms with Crippen LogP contribution in [-0.4, -0.2) is 21.7 Å². The number of benzene rings is 1. The first-order valence-corrected chi connectivity index (χ1v) is 5.94. The third kappa shape index (κ3) is 2.38. The Morgan fingerprint density at radius 1 is 1.31 bits per heavy atom. The standard InChI is InChI=1S/C8H11NO2S2/c1-9(13(2,10)11)7-5-3-4-6-8(7)12/h3-6,12H,1-2H3. The lowest BCUT2D eigenvalue weighted by atomic mass is 10.3. The molecule has 5 heteroatoms. The number of para-hydroxylation sites is 1. The molecule has 0 saturated carbocycles. The number of nitrogens with zero attached hydrogens (tertiary/aromatic N) is 1. The first-order valence-electron chi connectivity index (χ1n) is 3.65. The molecule has 0 aliphatic heterocycles. The Morgan fingerprint density at radius 2 is 1.85 bits per heavy atom. The molecule has 0 spiro atoms. The zero-order valence-corrected chi connectivity index (χ0v) is 9.14. The molecule has 0 amide bonds. The molecule has 0 unspecified atom stereocenters. The maximum atomic E-state index is 11.2. The van der Waals surface area contributed by atoms with Crippen molar-refractivity contribution in [3.63, 3.8) is 0 Å². The largest absolute Gasteiger partial charge is 0.272 e. The number of rotatable bonds is 2. The van der Waals surface area contributed by atoms with Gasteiger partial charge in [-0.3, -0.25) is 4.31 Å². The quantitative estimate of drug-likeness (QED) is 0.760. The van der Waals surface area contributed by atoms with Crippen LogP contribution < -0.4 is 4.31 Å². The summed E-state index contributed by atoms with van der Waals surface area (Å²) < 4.78 is 23.6. The van der Waals surface area contributed by atoms with E-state index in [1.807, 2.05) is 6.07 Å². The third-order valence-corrected chi connectivity index (χ3v) is 3.29. The van der Waals surface area contributed by atoms with Crippen LogP contribution in [-0.2, 0) is 10.0 Å². The van der Waals surface area contributed by atoms with Crippen molar-refractivity contribution in [2.24, 2.45) is 0 Å². The third-order valence-electron chi connectivity index (χ3n) is 1.72. The van der Waals surface area contributed by atoms with E-state index in [1.54, 1.807) is 18.2 Å². The van der Waals surface area contributed by atoms with E-state index in [0.717, 1.165) is 6.26 Å². The average molecular weight is 217 g/mol. The molecule has 1 aromatic rings. The van der Waals surface area contributed by atoms with E-state index in [9.17, 15) is 8.42 Å². The topological polar surface area (TPSA) is 37.4 Å². The number of hydrogen-bond donors (Lipinski definition) is 1. The summed E-state index contributed by atoms with van der Waals surface area (Å²) in [6.45, 7) is 0. The van der Waals surface area contributed by atoms with Gasteiger partial charge in [-0.25, -0.2) is 8.42 Å². The van der Waals surface area contributed by atoms with Crippen LogP contribution in [0.1, 0.15) is 0 Å². The lowest BCUT2D eigenvalue weighted by Crippen LogP contribution is -2.25. The Labute approximate surface area is 83.8 Å². The van der Waals surface area contributed by atoms with E-state index in [1.165, 1.54) is 11.4 Å². The van der Waals surface area contributed by atoms with E-state index >= 15 is 0 Å². The molecule has 0 saturated heterocycles. The summed E-state index contributed by atoms with van der Waals surface area (Å²) in [6, 6.07) is 7.04. The smallest absolute Gasteiger partial charge is 0.232 e. The summed E-state index contributed by atoms with van der Waals surface area (Å²) in [6.07, 6.45) is 1.16. The lowest BCUT2D eigenvalue weighted by Gasteiger charge is -2.17. The molecule has 0 aliphatic carbocycles. The first-order chi connectivity index (χ1) is 5.93. The summed E-state index contributed by atoms with van der Waals surface area (Å²) >= 11 is 4.16. The molecule has 0 aromatic heterocycles. The fourth-order valence-corrected chi connectivity index (χ4v) is 1.80. The fourth-order valence-electron chi connectivity index (χ4n) is 0.909. The predicted molar refractivity (Wildman–Crippen MR) is 56.9 cm³/mol. The van der Waals surface area contributed by atoms with Crippen LogP contribution in [0, 0.1) is 0 Å². The minimum atomic E-state index is -3.19. The minimum Gasteiger partial charge on any atom is -0.272 e. The molecule has 1 rings (SSSR count). The van der Waals surface area contributed by atoms with Crippen LogP contribution in [0.4, 0.5) is 5.69 Å². The number of thiol groups is 1. The molecule has 13 heavy (non-hydrogen) atoms. The number of sulfonamides is 1. The van der Waals surface area contributed by atoms with E-state index < -0.39 is 10.0 Å². The molecule has 0 fully saturated rings. The van der Waals surface area contributed by atoms with E-state index in [4.69, 9.17) is 0 Å². The van der Waals surface area contributed by atoms with Gasteiger partial charge >= 0.3 is 0 Å². The van der Waals surface area contributed by atoms with Gasteiger partial charge < -0.3 is 0 Å². The van der Waals surface area contributed by atoms with E-state index in [2.05, 4.69) is 12.6 Å². The van der Waals surface area contributed by atoms with Gasteiger partial charge in [-0.05, 0) is 12.1 Å². The van der Waals surface area contributed by atoms with Crippen molar-refractivity contribution in [2.75, 3.05) is 17.6 Å². The highest BCUT2D eigenvalue weighted by molar-refractivity contribution is 7.92. The van der Waals surface area contributed by atoms with Crippen molar-refractivity contribution in [1.29, 1.82) is 0 Å². The van der Waals surface area contributed by atoms with Gasteiger partial charge in [0.15, 0.2) is 0 Å². The Kier molecular flexibility index (Phi) is 2.87. The van der Waals surface area contributed by atoms with Gasteiger partial charge in [-0.15, -0.1) is 12.6 Å². The highest BCUT2D eigenvalue weighted by Gasteiger charge is 2.13. The SMILES string of the molecule is CN(c1ccccc1S)S(C)(=O)=O. The lowest BCUT2D eigenvalue weighted by molar-refractivity contribution is 0.600. The van der Waals surface area contributed by atoms with Gasteiger partial charge in [-0.2, -0.15) is 0 Å². The average Bonchev–Trinajstić information content (AvgIpc) is 2.02. The second-order valence-electron chi connectivity index (χ2n) is 2.72. The second kappa shape index (κ2) is 3.59. The monoisotopic (exact) mass is 217 g/mol. The van der Waals surface area contributed by atoms with Crippen molar-refractivity contribution in [3.05, 3.63) is 24.3 Å². The highest BCUT2D eigenvalue weighted by atomic mass is 32.2. The molecular weight excluding hydrogens is 206 g/mol. The normalized spacial score (nSPS) is 11.3. The molecule has 0 atom stereocenters. The maximum absolute atomic E-state index is 11.2. The Morgan fingerprint density at radius 3 is 2.31 bits per heavy atom. The molecule has 1 aromatic carbocycles. The number of hydrogen-bond acceptors (Lipinski definition) is 3.